The van der Waals surface area contributed by atoms with Gasteiger partial charge in [0.2, 0.25) is 41.4 Å². The Morgan fingerprint density at radius 1 is 0.662 bits per heavy atom. The fourth-order valence-corrected chi connectivity index (χ4v) is 12.0. The second kappa shape index (κ2) is 19.4. The van der Waals surface area contributed by atoms with Crippen molar-refractivity contribution in [2.24, 2.45) is 5.92 Å². The van der Waals surface area contributed by atoms with E-state index >= 15 is 14.4 Å². The van der Waals surface area contributed by atoms with Crippen molar-refractivity contribution < 1.29 is 38.3 Å². The van der Waals surface area contributed by atoms with Crippen molar-refractivity contribution in [1.82, 2.24) is 51.5 Å². The highest BCUT2D eigenvalue weighted by atomic mass is 16.5. The molecule has 4 aliphatic heterocycles. The van der Waals surface area contributed by atoms with Crippen LogP contribution in [0.1, 0.15) is 88.2 Å². The number of aromatic amines is 2. The first-order chi connectivity index (χ1) is 33.0. The van der Waals surface area contributed by atoms with E-state index in [-0.39, 0.29) is 50.1 Å². The molecule has 0 unspecified atom stereocenters. The van der Waals surface area contributed by atoms with Gasteiger partial charge in [-0.3, -0.25) is 39.0 Å². The lowest BCUT2D eigenvalue weighted by molar-refractivity contribution is -0.150. The summed E-state index contributed by atoms with van der Waals surface area (Å²) in [5.41, 5.74) is 4.65. The van der Waals surface area contributed by atoms with Crippen LogP contribution in [0.25, 0.3) is 21.8 Å². The number of H-pyrrole nitrogens is 2. The lowest BCUT2D eigenvalue weighted by Gasteiger charge is -2.38. The summed E-state index contributed by atoms with van der Waals surface area (Å²) >= 11 is 0. The summed E-state index contributed by atoms with van der Waals surface area (Å²) in [7, 11) is 0. The zero-order chi connectivity index (χ0) is 46.9. The number of nitrogens with one attached hydrogen (secondary N) is 7. The number of rotatable bonds is 7. The molecular weight excluding hydrogens is 869 g/mol. The minimum atomic E-state index is -1.44. The maximum Gasteiger partial charge on any atom is 0.246 e. The van der Waals surface area contributed by atoms with E-state index in [4.69, 9.17) is 4.74 Å². The van der Waals surface area contributed by atoms with E-state index in [1.54, 1.807) is 16.1 Å². The van der Waals surface area contributed by atoms with Gasteiger partial charge in [0.25, 0.3) is 0 Å². The largest absolute Gasteiger partial charge is 0.379 e. The van der Waals surface area contributed by atoms with Gasteiger partial charge in [0.1, 0.15) is 35.7 Å². The Morgan fingerprint density at radius 3 is 1.99 bits per heavy atom. The van der Waals surface area contributed by atoms with Crippen LogP contribution in [0, 0.1) is 5.92 Å². The number of benzene rings is 2. The molecule has 10 rings (SSSR count). The van der Waals surface area contributed by atoms with Crippen LogP contribution in [0.15, 0.2) is 60.9 Å². The van der Waals surface area contributed by atoms with Crippen molar-refractivity contribution in [3.63, 3.8) is 0 Å². The van der Waals surface area contributed by atoms with Gasteiger partial charge in [-0.2, -0.15) is 0 Å². The zero-order valence-electron chi connectivity index (χ0n) is 38.4. The number of fused-ring (bicyclic) bond motifs is 6. The van der Waals surface area contributed by atoms with Crippen molar-refractivity contribution >= 4 is 63.2 Å². The Kier molecular flexibility index (Phi) is 13.0. The molecule has 2 aliphatic carbocycles. The van der Waals surface area contributed by atoms with Crippen LogP contribution >= 0.6 is 0 Å². The van der Waals surface area contributed by atoms with Gasteiger partial charge in [-0.25, -0.2) is 5.01 Å². The van der Waals surface area contributed by atoms with Crippen LogP contribution in [0.4, 0.5) is 0 Å². The Balaban J connectivity index is 1.04. The summed E-state index contributed by atoms with van der Waals surface area (Å²) in [6.45, 7) is 1.91. The Bertz CT molecular complexity index is 2580. The molecule has 18 nitrogen and oxygen atoms in total. The van der Waals surface area contributed by atoms with E-state index in [2.05, 4.69) is 36.7 Å². The molecule has 6 fully saturated rings. The van der Waals surface area contributed by atoms with Gasteiger partial charge in [0, 0.05) is 72.7 Å². The molecule has 68 heavy (non-hydrogen) atoms. The lowest BCUT2D eigenvalue weighted by atomic mass is 9.84. The van der Waals surface area contributed by atoms with Crippen LogP contribution in [0.5, 0.6) is 0 Å². The number of morpholine rings is 1. The molecule has 4 aromatic rings. The summed E-state index contributed by atoms with van der Waals surface area (Å²) < 4.78 is 5.46. The molecule has 7 amide bonds. The molecule has 2 saturated carbocycles. The molecule has 360 valence electrons. The minimum absolute atomic E-state index is 0.00940. The van der Waals surface area contributed by atoms with Crippen molar-refractivity contribution in [2.75, 3.05) is 32.8 Å². The fourth-order valence-electron chi connectivity index (χ4n) is 12.0. The summed E-state index contributed by atoms with van der Waals surface area (Å²) in [6.07, 6.45) is 9.74. The van der Waals surface area contributed by atoms with Gasteiger partial charge in [0.15, 0.2) is 0 Å². The number of amides is 7. The third-order valence-corrected chi connectivity index (χ3v) is 15.5. The van der Waals surface area contributed by atoms with Gasteiger partial charge in [-0.15, -0.1) is 0 Å². The molecule has 7 atom stereocenters. The number of hydrogen-bond donors (Lipinski definition) is 7. The average molecular weight is 931 g/mol. The molecule has 0 bridgehead atoms. The second-order valence-electron chi connectivity index (χ2n) is 19.7. The number of nitrogens with zero attached hydrogens (tertiary/aromatic N) is 3. The second-order valence-corrected chi connectivity index (χ2v) is 19.7. The maximum atomic E-state index is 15.2. The quantitative estimate of drug-likeness (QED) is 0.144. The number of carbonyl (C=O) groups is 7. The van der Waals surface area contributed by atoms with Crippen molar-refractivity contribution in [3.8, 4) is 0 Å². The molecule has 6 aliphatic rings. The van der Waals surface area contributed by atoms with Gasteiger partial charge in [-0.05, 0) is 74.1 Å². The Labute approximate surface area is 394 Å². The molecule has 2 aromatic heterocycles. The number of para-hydroxylation sites is 2. The van der Waals surface area contributed by atoms with Gasteiger partial charge >= 0.3 is 0 Å². The first kappa shape index (κ1) is 45.5. The van der Waals surface area contributed by atoms with E-state index in [1.807, 2.05) is 54.7 Å². The molecule has 0 radical (unpaired) electrons. The molecule has 1 spiro atoms. The van der Waals surface area contributed by atoms with Crippen molar-refractivity contribution in [2.45, 2.75) is 132 Å². The smallest absolute Gasteiger partial charge is 0.246 e. The van der Waals surface area contributed by atoms with Crippen LogP contribution < -0.4 is 26.7 Å². The first-order valence-corrected chi connectivity index (χ1v) is 24.6. The SMILES string of the molecule is O=C(C[C@@H]1NC(=O)[C@H](Cc2c[nH]c3ccccc23)NC(=O)C2(CCCC2)NC(=O)[C@H](Cc2c[nH]c3ccccc23)NC(=O)[C@H]2C[C@H]3CCCC[C@H]3N2C(=O)[C@H]2CCCN2C1=O)NN1CCOCC1. The fraction of sp³-hybridized carbons (Fsp3) is 0.540. The number of hydrogen-bond acceptors (Lipinski definition) is 9. The third kappa shape index (κ3) is 9.07. The highest BCUT2D eigenvalue weighted by Crippen LogP contribution is 2.41. The summed E-state index contributed by atoms with van der Waals surface area (Å²) in [5.74, 6) is -3.67. The number of ether oxygens (including phenoxy) is 1. The maximum absolute atomic E-state index is 15.2. The first-order valence-electron chi connectivity index (χ1n) is 24.6. The summed E-state index contributed by atoms with van der Waals surface area (Å²) in [4.78, 5) is 114. The normalized spacial score (nSPS) is 28.6. The number of carbonyl (C=O) groups excluding carboxylic acids is 7. The van der Waals surface area contributed by atoms with Crippen molar-refractivity contribution in [3.05, 3.63) is 72.1 Å². The van der Waals surface area contributed by atoms with Crippen LogP contribution in [-0.4, -0.2) is 141 Å². The van der Waals surface area contributed by atoms with Crippen LogP contribution in [0.3, 0.4) is 0 Å². The zero-order valence-corrected chi connectivity index (χ0v) is 38.4. The minimum Gasteiger partial charge on any atom is -0.379 e. The third-order valence-electron chi connectivity index (χ3n) is 15.5. The van der Waals surface area contributed by atoms with Crippen molar-refractivity contribution in [1.29, 1.82) is 0 Å². The Morgan fingerprint density at radius 2 is 1.29 bits per heavy atom. The van der Waals surface area contributed by atoms with E-state index in [9.17, 15) is 19.2 Å². The van der Waals surface area contributed by atoms with E-state index in [0.29, 0.717) is 64.8 Å². The van der Waals surface area contributed by atoms with Gasteiger partial charge < -0.3 is 45.8 Å². The molecule has 18 heteroatoms. The highest BCUT2D eigenvalue weighted by Gasteiger charge is 2.52. The summed E-state index contributed by atoms with van der Waals surface area (Å²) in [5, 5.41) is 15.5. The standard InChI is InChI=1S/C50H62N10O8/c61-43(57-58-20-22-68-23-21-58)27-39-47(65)59-19-9-16-41(59)48(66)60-40-15-6-1-10-30(40)26-42(60)46(64)53-38(25-32-29-52-36-14-5-3-12-34(32)36)45(63)56-50(17-7-8-18-50)49(67)55-37(44(62)54-39)24-31-28-51-35-13-4-2-11-33(31)35/h2-5,11-14,28-30,37-42,51-52H,1,6-10,15-27H2,(H,53,64)(H,54,62)(H,55,67)(H,56,63)(H,57,61)/t30-,37+,38+,39+,40-,41-,42-/m1/s1. The van der Waals surface area contributed by atoms with Crippen LogP contribution in [-0.2, 0) is 51.1 Å². The topological polar surface area (TPSA) is 230 Å². The predicted molar refractivity (Wildman–Crippen MR) is 250 cm³/mol. The molecule has 4 saturated heterocycles. The molecule has 6 heterocycles. The molecular formula is C50H62N10O8. The van der Waals surface area contributed by atoms with Gasteiger partial charge in [-0.1, -0.05) is 62.1 Å². The van der Waals surface area contributed by atoms with E-state index in [1.165, 1.54) is 4.90 Å². The average Bonchev–Trinajstić information content (AvgIpc) is 4.21. The highest BCUT2D eigenvalue weighted by molar-refractivity contribution is 6.01. The molecule has 7 N–H and O–H groups in total. The monoisotopic (exact) mass is 930 g/mol. The van der Waals surface area contributed by atoms with E-state index < -0.39 is 77.6 Å². The number of aromatic nitrogens is 2. The predicted octanol–water partition coefficient (Wildman–Crippen LogP) is 2.24. The van der Waals surface area contributed by atoms with E-state index in [0.717, 1.165) is 52.2 Å². The lowest BCUT2D eigenvalue weighted by Crippen LogP contribution is -2.65. The molecule has 2 aromatic carbocycles. The van der Waals surface area contributed by atoms with Crippen LogP contribution in [0.2, 0.25) is 0 Å². The number of hydrazine groups is 1. The summed E-state index contributed by atoms with van der Waals surface area (Å²) in [6, 6.07) is 9.39. The van der Waals surface area contributed by atoms with Gasteiger partial charge in [0.05, 0.1) is 19.6 Å². The Hall–Kier alpha value is -6.27.